The van der Waals surface area contributed by atoms with Crippen LogP contribution in [-0.2, 0) is 11.2 Å². The molecule has 18 heavy (non-hydrogen) atoms. The van der Waals surface area contributed by atoms with Gasteiger partial charge in [-0.05, 0) is 43.2 Å². The fourth-order valence-corrected chi connectivity index (χ4v) is 2.44. The van der Waals surface area contributed by atoms with Gasteiger partial charge in [0.15, 0.2) is 0 Å². The second-order valence-corrected chi connectivity index (χ2v) is 5.37. The van der Waals surface area contributed by atoms with Crippen LogP contribution in [0.5, 0.6) is 5.75 Å². The minimum absolute atomic E-state index is 0.156. The molecule has 1 N–H and O–H groups in total. The molecule has 1 saturated carbocycles. The maximum Gasteiger partial charge on any atom is 0.220 e. The largest absolute Gasteiger partial charge is 0.491 e. The van der Waals surface area contributed by atoms with E-state index in [4.69, 9.17) is 4.74 Å². The van der Waals surface area contributed by atoms with Gasteiger partial charge in [0.1, 0.15) is 12.4 Å². The van der Waals surface area contributed by atoms with Gasteiger partial charge < -0.3 is 10.1 Å². The molecule has 1 aliphatic heterocycles. The van der Waals surface area contributed by atoms with Gasteiger partial charge in [-0.2, -0.15) is 0 Å². The summed E-state index contributed by atoms with van der Waals surface area (Å²) in [6, 6.07) is 8.29. The molecule has 3 nitrogen and oxygen atoms in total. The third-order valence-electron chi connectivity index (χ3n) is 3.71. The zero-order chi connectivity index (χ0) is 12.4. The highest BCUT2D eigenvalue weighted by Gasteiger charge is 2.26. The number of para-hydroxylation sites is 1. The Morgan fingerprint density at radius 3 is 2.94 bits per heavy atom. The minimum atomic E-state index is 0.156. The van der Waals surface area contributed by atoms with Gasteiger partial charge in [-0.15, -0.1) is 0 Å². The van der Waals surface area contributed by atoms with Gasteiger partial charge in [0.2, 0.25) is 5.91 Å². The van der Waals surface area contributed by atoms with Gasteiger partial charge in [0.05, 0.1) is 6.04 Å². The molecule has 0 radical (unpaired) electrons. The molecule has 1 amide bonds. The average molecular weight is 245 g/mol. The normalized spacial score (nSPS) is 22.6. The lowest BCUT2D eigenvalue weighted by atomic mass is 10.1. The van der Waals surface area contributed by atoms with Crippen LogP contribution in [0.15, 0.2) is 24.3 Å². The van der Waals surface area contributed by atoms with Gasteiger partial charge in [-0.3, -0.25) is 4.79 Å². The van der Waals surface area contributed by atoms with E-state index in [0.29, 0.717) is 18.9 Å². The molecule has 0 saturated heterocycles. The van der Waals surface area contributed by atoms with Crippen LogP contribution in [-0.4, -0.2) is 18.6 Å². The summed E-state index contributed by atoms with van der Waals surface area (Å²) in [6.07, 6.45) is 5.08. The first-order chi connectivity index (χ1) is 8.81. The topological polar surface area (TPSA) is 38.3 Å². The summed E-state index contributed by atoms with van der Waals surface area (Å²) in [5.41, 5.74) is 1.25. The number of carbonyl (C=O) groups excluding carboxylic acids is 1. The Bertz CT molecular complexity index is 413. The van der Waals surface area contributed by atoms with Crippen LogP contribution in [0.25, 0.3) is 0 Å². The second-order valence-electron chi connectivity index (χ2n) is 5.37. The number of nitrogens with one attached hydrogen (secondary N) is 1. The summed E-state index contributed by atoms with van der Waals surface area (Å²) in [4.78, 5) is 11.8. The van der Waals surface area contributed by atoms with Crippen molar-refractivity contribution < 1.29 is 9.53 Å². The lowest BCUT2D eigenvalue weighted by Crippen LogP contribution is -2.38. The first kappa shape index (κ1) is 11.6. The van der Waals surface area contributed by atoms with Crippen LogP contribution >= 0.6 is 0 Å². The standard InChI is InChI=1S/C15H19NO2/c17-15(9-11-5-6-11)16-13-8-7-12-3-1-2-4-14(12)18-10-13/h1-4,11,13H,5-10H2,(H,16,17)/t13-/m0/s1. The molecule has 0 aromatic heterocycles. The van der Waals surface area contributed by atoms with Crippen molar-refractivity contribution in [3.05, 3.63) is 29.8 Å². The van der Waals surface area contributed by atoms with Crippen LogP contribution in [0.4, 0.5) is 0 Å². The molecule has 1 aliphatic carbocycles. The van der Waals surface area contributed by atoms with Crippen molar-refractivity contribution in [3.63, 3.8) is 0 Å². The first-order valence-corrected chi connectivity index (χ1v) is 6.81. The first-order valence-electron chi connectivity index (χ1n) is 6.81. The minimum Gasteiger partial charge on any atom is -0.491 e. The number of amides is 1. The van der Waals surface area contributed by atoms with Crippen molar-refractivity contribution in [1.29, 1.82) is 0 Å². The van der Waals surface area contributed by atoms with Crippen molar-refractivity contribution in [2.45, 2.75) is 38.1 Å². The van der Waals surface area contributed by atoms with E-state index < -0.39 is 0 Å². The average Bonchev–Trinajstić information content (AvgIpc) is 3.18. The maximum absolute atomic E-state index is 11.8. The lowest BCUT2D eigenvalue weighted by molar-refractivity contribution is -0.122. The van der Waals surface area contributed by atoms with Crippen molar-refractivity contribution >= 4 is 5.91 Å². The Labute approximate surface area is 108 Å². The summed E-state index contributed by atoms with van der Waals surface area (Å²) in [6.45, 7) is 0.591. The molecule has 1 atom stereocenters. The Balaban J connectivity index is 1.55. The smallest absolute Gasteiger partial charge is 0.220 e. The Morgan fingerprint density at radius 1 is 1.28 bits per heavy atom. The van der Waals surface area contributed by atoms with Gasteiger partial charge in [0, 0.05) is 6.42 Å². The molecule has 0 bridgehead atoms. The highest BCUT2D eigenvalue weighted by atomic mass is 16.5. The number of fused-ring (bicyclic) bond motifs is 1. The van der Waals surface area contributed by atoms with E-state index in [1.807, 2.05) is 18.2 Å². The predicted octanol–water partition coefficient (Wildman–Crippen LogP) is 2.30. The van der Waals surface area contributed by atoms with Crippen LogP contribution in [0.3, 0.4) is 0 Å². The van der Waals surface area contributed by atoms with Crippen molar-refractivity contribution in [2.24, 2.45) is 5.92 Å². The van der Waals surface area contributed by atoms with E-state index in [2.05, 4.69) is 11.4 Å². The molecule has 2 aliphatic rings. The van der Waals surface area contributed by atoms with Crippen LogP contribution < -0.4 is 10.1 Å². The summed E-state index contributed by atoms with van der Waals surface area (Å²) in [5.74, 6) is 1.81. The van der Waals surface area contributed by atoms with Crippen LogP contribution in [0, 0.1) is 5.92 Å². The van der Waals surface area contributed by atoms with E-state index in [1.54, 1.807) is 0 Å². The molecule has 3 heteroatoms. The zero-order valence-corrected chi connectivity index (χ0v) is 10.5. The molecule has 96 valence electrons. The number of carbonyl (C=O) groups is 1. The zero-order valence-electron chi connectivity index (χ0n) is 10.5. The quantitative estimate of drug-likeness (QED) is 0.887. The van der Waals surface area contributed by atoms with E-state index >= 15 is 0 Å². The monoisotopic (exact) mass is 245 g/mol. The van der Waals surface area contributed by atoms with E-state index in [0.717, 1.165) is 18.6 Å². The molecule has 1 fully saturated rings. The second kappa shape index (κ2) is 5.01. The molecule has 0 unspecified atom stereocenters. The molecular formula is C15H19NO2. The fraction of sp³-hybridized carbons (Fsp3) is 0.533. The third-order valence-corrected chi connectivity index (χ3v) is 3.71. The Morgan fingerprint density at radius 2 is 2.11 bits per heavy atom. The molecule has 1 aromatic rings. The molecule has 0 spiro atoms. The summed E-state index contributed by atoms with van der Waals surface area (Å²) in [7, 11) is 0. The van der Waals surface area contributed by atoms with Crippen molar-refractivity contribution in [3.8, 4) is 5.75 Å². The van der Waals surface area contributed by atoms with E-state index in [9.17, 15) is 4.79 Å². The SMILES string of the molecule is O=C(CC1CC1)N[C@H]1CCc2ccccc2OC1. The number of benzene rings is 1. The van der Waals surface area contributed by atoms with E-state index in [-0.39, 0.29) is 11.9 Å². The predicted molar refractivity (Wildman–Crippen MR) is 69.5 cm³/mol. The van der Waals surface area contributed by atoms with Crippen molar-refractivity contribution in [1.82, 2.24) is 5.32 Å². The molecule has 1 aromatic carbocycles. The van der Waals surface area contributed by atoms with E-state index in [1.165, 1.54) is 18.4 Å². The lowest BCUT2D eigenvalue weighted by Gasteiger charge is -2.16. The Kier molecular flexibility index (Phi) is 3.22. The van der Waals surface area contributed by atoms with Gasteiger partial charge in [0.25, 0.3) is 0 Å². The highest BCUT2D eigenvalue weighted by Crippen LogP contribution is 2.32. The Hall–Kier alpha value is -1.51. The highest BCUT2D eigenvalue weighted by molar-refractivity contribution is 5.76. The molecule has 1 heterocycles. The number of hydrogen-bond acceptors (Lipinski definition) is 2. The van der Waals surface area contributed by atoms with Gasteiger partial charge in [-0.1, -0.05) is 18.2 Å². The number of hydrogen-bond donors (Lipinski definition) is 1. The summed E-state index contributed by atoms with van der Waals surface area (Å²) >= 11 is 0. The van der Waals surface area contributed by atoms with Gasteiger partial charge >= 0.3 is 0 Å². The van der Waals surface area contributed by atoms with Crippen molar-refractivity contribution in [2.75, 3.05) is 6.61 Å². The number of aryl methyl sites for hydroxylation is 1. The molecular weight excluding hydrogens is 226 g/mol. The third kappa shape index (κ3) is 2.84. The number of ether oxygens (including phenoxy) is 1. The summed E-state index contributed by atoms with van der Waals surface area (Å²) < 4.78 is 5.77. The van der Waals surface area contributed by atoms with Gasteiger partial charge in [-0.25, -0.2) is 0 Å². The molecule has 3 rings (SSSR count). The van der Waals surface area contributed by atoms with Crippen LogP contribution in [0.1, 0.15) is 31.2 Å². The fourth-order valence-electron chi connectivity index (χ4n) is 2.44. The summed E-state index contributed by atoms with van der Waals surface area (Å²) in [5, 5.41) is 3.10. The van der Waals surface area contributed by atoms with Crippen LogP contribution in [0.2, 0.25) is 0 Å². The number of rotatable bonds is 3. The maximum atomic E-state index is 11.8.